The Bertz CT molecular complexity index is 5400. The number of anilines is 6. The van der Waals surface area contributed by atoms with Crippen LogP contribution < -0.4 is 35.7 Å². The van der Waals surface area contributed by atoms with Gasteiger partial charge in [0.1, 0.15) is 22.3 Å². The third-order valence-electron chi connectivity index (χ3n) is 19.9. The van der Waals surface area contributed by atoms with Crippen molar-refractivity contribution in [2.45, 2.75) is 98.2 Å². The summed E-state index contributed by atoms with van der Waals surface area (Å²) >= 11 is 3.48. The van der Waals surface area contributed by atoms with E-state index in [1.54, 1.807) is 0 Å². The molecule has 0 saturated carbocycles. The van der Waals surface area contributed by atoms with E-state index in [0.717, 1.165) is 139 Å². The molecule has 0 saturated heterocycles. The molecule has 7 heterocycles. The number of furan rings is 2. The van der Waals surface area contributed by atoms with Gasteiger partial charge in [0.05, 0.1) is 79.6 Å². The molecule has 0 atom stereocenters. The van der Waals surface area contributed by atoms with Gasteiger partial charge in [-0.1, -0.05) is 242 Å². The summed E-state index contributed by atoms with van der Waals surface area (Å²) in [5.74, 6) is 0. The third kappa shape index (κ3) is 17.5. The average Bonchev–Trinajstić information content (AvgIpc) is 1.55. The smallest absolute Gasteiger partial charge is 0.456 e. The molecule has 9 aromatic carbocycles. The fourth-order valence-electron chi connectivity index (χ4n) is 13.4. The topological polar surface area (TPSA) is 97.2 Å². The predicted molar refractivity (Wildman–Crippen MR) is 480 cm³/mol. The third-order valence-corrected chi connectivity index (χ3v) is 30.5. The van der Waals surface area contributed by atoms with Crippen LogP contribution >= 0.6 is 15.9 Å². The van der Waals surface area contributed by atoms with Crippen molar-refractivity contribution in [2.75, 3.05) is 9.80 Å². The zero-order valence-corrected chi connectivity index (χ0v) is 74.1. The molecular formula is C94H92BrN7O2PtSi5. The second kappa shape index (κ2) is 32.2. The van der Waals surface area contributed by atoms with E-state index in [1.165, 1.54) is 25.9 Å². The van der Waals surface area contributed by atoms with E-state index in [2.05, 4.69) is 360 Å². The van der Waals surface area contributed by atoms with E-state index in [-0.39, 0.29) is 21.1 Å². The van der Waals surface area contributed by atoms with Crippen molar-refractivity contribution in [1.29, 1.82) is 0 Å². The summed E-state index contributed by atoms with van der Waals surface area (Å²) in [5, 5.41) is 11.1. The monoisotopic (exact) mass is 1760 g/mol. The number of hydrogen-bond acceptors (Lipinski definition) is 9. The van der Waals surface area contributed by atoms with Gasteiger partial charge in [0.15, 0.2) is 0 Å². The van der Waals surface area contributed by atoms with Crippen LogP contribution in [0.3, 0.4) is 0 Å². The van der Waals surface area contributed by atoms with E-state index in [1.807, 2.05) is 67.1 Å². The number of pyridine rings is 5. The van der Waals surface area contributed by atoms with Crippen LogP contribution in [0.15, 0.2) is 299 Å². The largest absolute Gasteiger partial charge is 2.00 e. The van der Waals surface area contributed by atoms with Crippen molar-refractivity contribution in [3.8, 4) is 56.3 Å². The van der Waals surface area contributed by atoms with Gasteiger partial charge in [-0.3, -0.25) is 15.0 Å². The number of aromatic nitrogens is 5. The van der Waals surface area contributed by atoms with E-state index >= 15 is 0 Å². The number of fused-ring (bicyclic) bond motifs is 6. The number of rotatable bonds is 16. The van der Waals surface area contributed by atoms with E-state index < -0.39 is 40.4 Å². The Kier molecular flexibility index (Phi) is 23.0. The van der Waals surface area contributed by atoms with Crippen LogP contribution in [0.5, 0.6) is 0 Å². The molecule has 0 bridgehead atoms. The summed E-state index contributed by atoms with van der Waals surface area (Å²) in [4.78, 5) is 28.7. The van der Waals surface area contributed by atoms with Gasteiger partial charge in [-0.2, -0.15) is 0 Å². The molecule has 0 aliphatic heterocycles. The Morgan fingerprint density at radius 2 is 0.600 bits per heavy atom. The normalized spacial score (nSPS) is 11.9. The van der Waals surface area contributed by atoms with Crippen LogP contribution in [-0.4, -0.2) is 65.3 Å². The van der Waals surface area contributed by atoms with Gasteiger partial charge in [-0.05, 0) is 140 Å². The van der Waals surface area contributed by atoms with Gasteiger partial charge in [0.2, 0.25) is 0 Å². The van der Waals surface area contributed by atoms with E-state index in [0.29, 0.717) is 0 Å². The molecule has 0 aliphatic carbocycles. The van der Waals surface area contributed by atoms with Crippen molar-refractivity contribution >= 4 is 160 Å². The Morgan fingerprint density at radius 3 is 0.945 bits per heavy atom. The molecule has 0 amide bonds. The first kappa shape index (κ1) is 78.3. The first-order valence-electron chi connectivity index (χ1n) is 37.3. The molecule has 16 heteroatoms. The minimum atomic E-state index is -1.46. The van der Waals surface area contributed by atoms with Crippen molar-refractivity contribution < 1.29 is 29.9 Å². The maximum Gasteiger partial charge on any atom is 2.00 e. The summed E-state index contributed by atoms with van der Waals surface area (Å²) in [6, 6.07) is 96.5. The number of halogens is 1. The number of hydrogen-bond donors (Lipinski definition) is 0. The van der Waals surface area contributed by atoms with Crippen LogP contribution in [0.1, 0.15) is 0 Å². The van der Waals surface area contributed by atoms with Crippen molar-refractivity contribution in [3.63, 3.8) is 0 Å². The molecule has 7 aromatic heterocycles. The van der Waals surface area contributed by atoms with Crippen molar-refractivity contribution in [3.05, 3.63) is 302 Å². The molecule has 0 fully saturated rings. The molecule has 9 nitrogen and oxygen atoms in total. The van der Waals surface area contributed by atoms with Gasteiger partial charge >= 0.3 is 21.1 Å². The van der Waals surface area contributed by atoms with Gasteiger partial charge < -0.3 is 28.6 Å². The predicted octanol–water partition coefficient (Wildman–Crippen LogP) is 24.2. The minimum Gasteiger partial charge on any atom is -0.456 e. The Morgan fingerprint density at radius 1 is 0.291 bits per heavy atom. The van der Waals surface area contributed by atoms with Crippen LogP contribution in [0.25, 0.3) is 100 Å². The molecule has 0 unspecified atom stereocenters. The molecule has 0 radical (unpaired) electrons. The Balaban J connectivity index is 0.000000158. The summed E-state index contributed by atoms with van der Waals surface area (Å²) in [6.45, 7) is 35.2. The molecule has 552 valence electrons. The fourth-order valence-corrected chi connectivity index (χ4v) is 19.0. The SMILES string of the molecule is C[Si](C)(C)c1ccc(-c2[c-]c(N(c3[c-]c(-c4ccc([Si](C)(C)C)cn4)ccc3)c3cccc4oc5ccccc5c34)ccc2)nc1.C[Si](C)(C)c1ccc(-c2cccc(Br)c2)nc1.C[Si](C)(C)c1ccc(-c2cccc(N(c3cccc(-c4ccc([Si](C)(C)C)cn4)c3)c3cccc4oc5ccccc5c34)c2)nc1.[Pt+2]. The fraction of sp³-hybridized carbons (Fsp3) is 0.160. The van der Waals surface area contributed by atoms with E-state index in [9.17, 15) is 0 Å². The molecule has 0 aliphatic rings. The van der Waals surface area contributed by atoms with Gasteiger partial charge in [0.25, 0.3) is 0 Å². The second-order valence-corrected chi connectivity index (χ2v) is 59.4. The zero-order valence-electron chi connectivity index (χ0n) is 65.3. The standard InChI is InChI=1S/C40H39N3OSi2.C40H37N3OSi2.C14H16BrNSi.Pt/c2*1-45(2,3)32-20-22-35(41-26-32)28-12-9-14-30(24-28)43(37-17-11-19-39-40(37)34-16-7-8-18-38(34)44-39)31-15-10-13-29(25-31)36-23-21-33(27-42-36)46(4,5)6;1-17(2,3)13-7-8-14(16-10-13)11-5-4-6-12(15)9-11;/h7-27H,1-6H3;7-23,26-27H,1-6H3;4-10H,1-3H3;/q;-2;;+2. The Labute approximate surface area is 676 Å². The summed E-state index contributed by atoms with van der Waals surface area (Å²) in [5.41, 5.74) is 19.3. The summed E-state index contributed by atoms with van der Waals surface area (Å²) in [7, 11) is -7.05. The van der Waals surface area contributed by atoms with Crippen LogP contribution in [0.4, 0.5) is 34.1 Å². The van der Waals surface area contributed by atoms with Crippen LogP contribution in [0.2, 0.25) is 98.2 Å². The first-order chi connectivity index (χ1) is 52.1. The quantitative estimate of drug-likeness (QED) is 0.0692. The second-order valence-electron chi connectivity index (χ2n) is 33.1. The first-order valence-corrected chi connectivity index (χ1v) is 55.6. The number of nitrogens with zero attached hydrogens (tertiary/aromatic N) is 7. The molecule has 16 rings (SSSR count). The van der Waals surface area contributed by atoms with Crippen LogP contribution in [0, 0.1) is 12.1 Å². The summed E-state index contributed by atoms with van der Waals surface area (Å²) < 4.78 is 13.7. The van der Waals surface area contributed by atoms with Crippen molar-refractivity contribution in [2.24, 2.45) is 0 Å². The Hall–Kier alpha value is -9.82. The van der Waals surface area contributed by atoms with Crippen molar-refractivity contribution in [1.82, 2.24) is 24.9 Å². The minimum absolute atomic E-state index is 0. The molecule has 110 heavy (non-hydrogen) atoms. The maximum atomic E-state index is 6.34. The maximum absolute atomic E-state index is 6.34. The van der Waals surface area contributed by atoms with Gasteiger partial charge in [-0.15, -0.1) is 59.7 Å². The molecule has 0 spiro atoms. The molecule has 0 N–H and O–H groups in total. The van der Waals surface area contributed by atoms with Gasteiger partial charge in [-0.25, -0.2) is 0 Å². The summed E-state index contributed by atoms with van der Waals surface area (Å²) in [6.07, 6.45) is 10.2. The number of benzene rings is 9. The molecular weight excluding hydrogens is 1670 g/mol. The zero-order chi connectivity index (χ0) is 76.6. The van der Waals surface area contributed by atoms with Crippen LogP contribution in [-0.2, 0) is 21.1 Å². The van der Waals surface area contributed by atoms with Gasteiger partial charge in [0, 0.05) is 74.3 Å². The number of para-hydroxylation sites is 2. The molecule has 16 aromatic rings. The average molecular weight is 1770 g/mol. The van der Waals surface area contributed by atoms with E-state index in [4.69, 9.17) is 28.8 Å².